The van der Waals surface area contributed by atoms with E-state index in [0.717, 1.165) is 18.4 Å². The Morgan fingerprint density at radius 1 is 1.00 bits per heavy atom. The predicted molar refractivity (Wildman–Crippen MR) is 105 cm³/mol. The smallest absolute Gasteiger partial charge is 0.331 e. The van der Waals surface area contributed by atoms with E-state index in [1.807, 2.05) is 6.92 Å². The number of cyclic esters (lactones) is 1. The Hall–Kier alpha value is -0.950. The first-order chi connectivity index (χ1) is 13.6. The number of hydrogen-bond acceptors (Lipinski definition) is 6. The van der Waals surface area contributed by atoms with Crippen LogP contribution in [-0.2, 0) is 9.53 Å². The van der Waals surface area contributed by atoms with Gasteiger partial charge in [0, 0.05) is 22.8 Å². The monoisotopic (exact) mass is 406 g/mol. The Balaban J connectivity index is 1.54. The molecule has 0 spiro atoms. The van der Waals surface area contributed by atoms with Crippen molar-refractivity contribution < 1.29 is 30.0 Å². The molecular weight excluding hydrogens is 372 g/mol. The maximum atomic E-state index is 12.1. The molecule has 0 bridgehead atoms. The van der Waals surface area contributed by atoms with Crippen molar-refractivity contribution in [3.8, 4) is 0 Å². The standard InChI is InChI=1S/C23H34O6/c1-20-7-8-23(28)17(4-3-14-10-15(24)11-18(25)21(14,23)2)22(20,27)6-5-16(20)13-9-19(26)29-12-13/h9,14-18,24-25,27-28H,3-8,10-12H2,1-2H3/t14-,15-,16-,17+,18-,20-,21-,22+,23-/m1/s1. The first-order valence-electron chi connectivity index (χ1n) is 11.2. The number of esters is 1. The molecule has 4 aliphatic carbocycles. The molecule has 1 aliphatic heterocycles. The second kappa shape index (κ2) is 6.06. The van der Waals surface area contributed by atoms with Gasteiger partial charge in [0.2, 0.25) is 0 Å². The van der Waals surface area contributed by atoms with Gasteiger partial charge in [-0.05, 0) is 68.8 Å². The summed E-state index contributed by atoms with van der Waals surface area (Å²) in [6.07, 6.45) is 5.21. The molecule has 9 atom stereocenters. The SMILES string of the molecule is C[C@]12[C@H](CC[C@@H]3[C@]1(O)CC[C@]1(C)[C@@H](C4=CC(=O)OC4)CC[C@]31O)C[C@@H](O)C[C@H]2O. The summed E-state index contributed by atoms with van der Waals surface area (Å²) in [6, 6.07) is 0. The second-order valence-electron chi connectivity index (χ2n) is 10.9. The van der Waals surface area contributed by atoms with E-state index in [0.29, 0.717) is 38.7 Å². The highest BCUT2D eigenvalue weighted by Crippen LogP contribution is 2.71. The largest absolute Gasteiger partial charge is 0.458 e. The molecule has 29 heavy (non-hydrogen) atoms. The Kier molecular flexibility index (Phi) is 4.17. The zero-order valence-corrected chi connectivity index (χ0v) is 17.4. The molecule has 4 saturated carbocycles. The van der Waals surface area contributed by atoms with Crippen LogP contribution in [0.3, 0.4) is 0 Å². The third-order valence-corrected chi connectivity index (χ3v) is 10.2. The summed E-state index contributed by atoms with van der Waals surface area (Å²) < 4.78 is 5.15. The number of carbonyl (C=O) groups excluding carboxylic acids is 1. The van der Waals surface area contributed by atoms with Crippen LogP contribution in [0.25, 0.3) is 0 Å². The van der Waals surface area contributed by atoms with Gasteiger partial charge in [0.1, 0.15) is 6.61 Å². The number of fused-ring (bicyclic) bond motifs is 5. The van der Waals surface area contributed by atoms with E-state index >= 15 is 0 Å². The quantitative estimate of drug-likeness (QED) is 0.494. The summed E-state index contributed by atoms with van der Waals surface area (Å²) in [5, 5.41) is 45.5. The first kappa shape index (κ1) is 20.0. The number of rotatable bonds is 1. The van der Waals surface area contributed by atoms with Gasteiger partial charge >= 0.3 is 5.97 Å². The topological polar surface area (TPSA) is 107 Å². The van der Waals surface area contributed by atoms with Crippen molar-refractivity contribution in [1.29, 1.82) is 0 Å². The summed E-state index contributed by atoms with van der Waals surface area (Å²) in [5.74, 6) is -0.491. The van der Waals surface area contributed by atoms with Crippen LogP contribution < -0.4 is 0 Å². The van der Waals surface area contributed by atoms with Crippen LogP contribution in [-0.4, -0.2) is 56.4 Å². The molecule has 0 radical (unpaired) electrons. The minimum atomic E-state index is -1.16. The van der Waals surface area contributed by atoms with Crippen LogP contribution in [0.4, 0.5) is 0 Å². The summed E-state index contributed by atoms with van der Waals surface area (Å²) in [7, 11) is 0. The average Bonchev–Trinajstić information content (AvgIpc) is 3.18. The molecule has 0 saturated heterocycles. The van der Waals surface area contributed by atoms with Gasteiger partial charge in [-0.2, -0.15) is 0 Å². The van der Waals surface area contributed by atoms with Gasteiger partial charge in [-0.3, -0.25) is 0 Å². The molecule has 162 valence electrons. The van der Waals surface area contributed by atoms with Crippen LogP contribution >= 0.6 is 0 Å². The summed E-state index contributed by atoms with van der Waals surface area (Å²) in [6.45, 7) is 4.40. The van der Waals surface area contributed by atoms with Crippen molar-refractivity contribution in [3.63, 3.8) is 0 Å². The van der Waals surface area contributed by atoms with Crippen molar-refractivity contribution in [2.75, 3.05) is 6.61 Å². The summed E-state index contributed by atoms with van der Waals surface area (Å²) in [4.78, 5) is 11.6. The molecule has 6 heteroatoms. The van der Waals surface area contributed by atoms with Crippen molar-refractivity contribution in [3.05, 3.63) is 11.6 Å². The highest BCUT2D eigenvalue weighted by molar-refractivity contribution is 5.85. The maximum absolute atomic E-state index is 12.1. The molecule has 1 heterocycles. The zero-order chi connectivity index (χ0) is 20.8. The lowest BCUT2D eigenvalue weighted by molar-refractivity contribution is -0.306. The average molecular weight is 407 g/mol. The van der Waals surface area contributed by atoms with E-state index in [4.69, 9.17) is 4.74 Å². The Labute approximate surface area is 172 Å². The molecule has 6 nitrogen and oxygen atoms in total. The number of hydrogen-bond donors (Lipinski definition) is 4. The Morgan fingerprint density at radius 3 is 2.45 bits per heavy atom. The van der Waals surface area contributed by atoms with Crippen molar-refractivity contribution in [2.24, 2.45) is 28.6 Å². The van der Waals surface area contributed by atoms with Gasteiger partial charge in [0.25, 0.3) is 0 Å². The lowest BCUT2D eigenvalue weighted by Crippen LogP contribution is -2.74. The minimum Gasteiger partial charge on any atom is -0.458 e. The first-order valence-corrected chi connectivity index (χ1v) is 11.2. The molecule has 0 aromatic rings. The van der Waals surface area contributed by atoms with Gasteiger partial charge < -0.3 is 25.2 Å². The Morgan fingerprint density at radius 2 is 1.76 bits per heavy atom. The van der Waals surface area contributed by atoms with Crippen LogP contribution in [0, 0.1) is 28.6 Å². The van der Waals surface area contributed by atoms with E-state index in [1.54, 1.807) is 6.08 Å². The lowest BCUT2D eigenvalue weighted by Gasteiger charge is -2.68. The third kappa shape index (κ3) is 2.29. The van der Waals surface area contributed by atoms with Crippen LogP contribution in [0.2, 0.25) is 0 Å². The number of carbonyl (C=O) groups is 1. The predicted octanol–water partition coefficient (Wildman–Crippen LogP) is 1.69. The van der Waals surface area contributed by atoms with Crippen LogP contribution in [0.15, 0.2) is 11.6 Å². The van der Waals surface area contributed by atoms with E-state index in [2.05, 4.69) is 6.92 Å². The molecule has 4 N–H and O–H groups in total. The number of ether oxygens (including phenoxy) is 1. The lowest BCUT2D eigenvalue weighted by atomic mass is 9.40. The molecule has 4 fully saturated rings. The molecule has 5 aliphatic rings. The third-order valence-electron chi connectivity index (χ3n) is 10.2. The van der Waals surface area contributed by atoms with E-state index in [1.165, 1.54) is 0 Å². The number of aliphatic hydroxyl groups excluding tert-OH is 2. The van der Waals surface area contributed by atoms with E-state index < -0.39 is 34.2 Å². The highest BCUT2D eigenvalue weighted by Gasteiger charge is 2.74. The fourth-order valence-corrected chi connectivity index (χ4v) is 8.43. The molecule has 0 aromatic carbocycles. The highest BCUT2D eigenvalue weighted by atomic mass is 16.5. The number of aliphatic hydroxyl groups is 4. The normalized spacial score (nSPS) is 56.8. The fraction of sp³-hybridized carbons (Fsp3) is 0.870. The molecule has 5 rings (SSSR count). The molecule has 0 amide bonds. The summed E-state index contributed by atoms with van der Waals surface area (Å²) in [5.41, 5.74) is -2.38. The van der Waals surface area contributed by atoms with Gasteiger partial charge in [0.05, 0.1) is 23.4 Å². The summed E-state index contributed by atoms with van der Waals surface area (Å²) >= 11 is 0. The Bertz CT molecular complexity index is 764. The van der Waals surface area contributed by atoms with Gasteiger partial charge in [-0.25, -0.2) is 4.79 Å². The maximum Gasteiger partial charge on any atom is 0.331 e. The van der Waals surface area contributed by atoms with Gasteiger partial charge in [-0.1, -0.05) is 13.8 Å². The second-order valence-corrected chi connectivity index (χ2v) is 10.9. The van der Waals surface area contributed by atoms with Crippen molar-refractivity contribution in [2.45, 2.75) is 88.6 Å². The van der Waals surface area contributed by atoms with Crippen molar-refractivity contribution in [1.82, 2.24) is 0 Å². The minimum absolute atomic E-state index is 0.0521. The van der Waals surface area contributed by atoms with Gasteiger partial charge in [0.15, 0.2) is 0 Å². The zero-order valence-electron chi connectivity index (χ0n) is 17.4. The van der Waals surface area contributed by atoms with Crippen LogP contribution in [0.5, 0.6) is 0 Å². The van der Waals surface area contributed by atoms with Crippen molar-refractivity contribution >= 4 is 5.97 Å². The van der Waals surface area contributed by atoms with Gasteiger partial charge in [-0.15, -0.1) is 0 Å². The van der Waals surface area contributed by atoms with E-state index in [9.17, 15) is 25.2 Å². The molecule has 0 unspecified atom stereocenters. The fourth-order valence-electron chi connectivity index (χ4n) is 8.43. The molecular formula is C23H34O6. The van der Waals surface area contributed by atoms with Crippen LogP contribution in [0.1, 0.15) is 65.2 Å². The molecule has 0 aromatic heterocycles. The van der Waals surface area contributed by atoms with E-state index in [-0.39, 0.29) is 30.1 Å².